The number of rotatable bonds is 4. The molecule has 1 aromatic rings. The standard InChI is InChI=1S/C15H18N2O2/c1-15(2,11-16)17(13-8-9-13)14(18)19-10-12-6-4-3-5-7-12/h3-7,13H,8-10H2,1-2H3. The molecule has 100 valence electrons. The molecule has 2 rings (SSSR count). The van der Waals surface area contributed by atoms with Gasteiger partial charge in [0, 0.05) is 6.04 Å². The zero-order chi connectivity index (χ0) is 13.9. The molecule has 4 nitrogen and oxygen atoms in total. The molecule has 0 atom stereocenters. The minimum absolute atomic E-state index is 0.151. The van der Waals surface area contributed by atoms with Gasteiger partial charge in [-0.1, -0.05) is 30.3 Å². The first-order chi connectivity index (χ1) is 9.04. The summed E-state index contributed by atoms with van der Waals surface area (Å²) < 4.78 is 5.32. The predicted octanol–water partition coefficient (Wildman–Crippen LogP) is 3.09. The number of nitrogens with zero attached hydrogens (tertiary/aromatic N) is 2. The van der Waals surface area contributed by atoms with Crippen LogP contribution in [0.2, 0.25) is 0 Å². The number of carbonyl (C=O) groups is 1. The van der Waals surface area contributed by atoms with Gasteiger partial charge in [0.15, 0.2) is 0 Å². The lowest BCUT2D eigenvalue weighted by molar-refractivity contribution is 0.0686. The van der Waals surface area contributed by atoms with E-state index in [-0.39, 0.29) is 12.6 Å². The molecule has 0 saturated heterocycles. The van der Waals surface area contributed by atoms with Gasteiger partial charge < -0.3 is 4.74 Å². The highest BCUT2D eigenvalue weighted by atomic mass is 16.6. The molecule has 0 spiro atoms. The van der Waals surface area contributed by atoms with Crippen molar-refractivity contribution in [3.05, 3.63) is 35.9 Å². The average Bonchev–Trinajstić information content (AvgIpc) is 3.22. The fourth-order valence-electron chi connectivity index (χ4n) is 2.01. The number of amides is 1. The lowest BCUT2D eigenvalue weighted by atomic mass is 10.1. The second-order valence-corrected chi connectivity index (χ2v) is 5.31. The second-order valence-electron chi connectivity index (χ2n) is 5.31. The van der Waals surface area contributed by atoms with Gasteiger partial charge >= 0.3 is 6.09 Å². The maximum absolute atomic E-state index is 12.2. The predicted molar refractivity (Wildman–Crippen MR) is 71.2 cm³/mol. The summed E-state index contributed by atoms with van der Waals surface area (Å²) in [5, 5.41) is 9.18. The molecule has 1 amide bonds. The van der Waals surface area contributed by atoms with Crippen LogP contribution in [-0.2, 0) is 11.3 Å². The molecule has 0 aromatic heterocycles. The molecule has 1 saturated carbocycles. The van der Waals surface area contributed by atoms with E-state index < -0.39 is 11.6 Å². The van der Waals surface area contributed by atoms with E-state index in [2.05, 4.69) is 6.07 Å². The largest absolute Gasteiger partial charge is 0.445 e. The summed E-state index contributed by atoms with van der Waals surface area (Å²) in [4.78, 5) is 13.7. The van der Waals surface area contributed by atoms with Gasteiger partial charge in [-0.25, -0.2) is 4.79 Å². The summed E-state index contributed by atoms with van der Waals surface area (Å²) in [6.07, 6.45) is 1.50. The quantitative estimate of drug-likeness (QED) is 0.833. The second kappa shape index (κ2) is 5.31. The number of benzene rings is 1. The molecule has 1 aromatic carbocycles. The van der Waals surface area contributed by atoms with Crippen molar-refractivity contribution in [3.63, 3.8) is 0 Å². The lowest BCUT2D eigenvalue weighted by Gasteiger charge is -2.32. The molecular formula is C15H18N2O2. The number of hydrogen-bond acceptors (Lipinski definition) is 3. The third-order valence-electron chi connectivity index (χ3n) is 3.19. The topological polar surface area (TPSA) is 53.3 Å². The first-order valence-corrected chi connectivity index (χ1v) is 6.46. The Bertz CT molecular complexity index is 487. The third kappa shape index (κ3) is 3.25. The molecule has 1 aliphatic carbocycles. The van der Waals surface area contributed by atoms with Gasteiger partial charge in [0.1, 0.15) is 12.1 Å². The Hall–Kier alpha value is -2.02. The van der Waals surface area contributed by atoms with Crippen molar-refractivity contribution in [1.82, 2.24) is 4.90 Å². The summed E-state index contributed by atoms with van der Waals surface area (Å²) in [6, 6.07) is 11.9. The van der Waals surface area contributed by atoms with Crippen LogP contribution in [0.4, 0.5) is 4.79 Å². The molecule has 19 heavy (non-hydrogen) atoms. The Morgan fingerprint density at radius 1 is 1.42 bits per heavy atom. The van der Waals surface area contributed by atoms with E-state index in [0.29, 0.717) is 0 Å². The van der Waals surface area contributed by atoms with Crippen molar-refractivity contribution in [1.29, 1.82) is 5.26 Å². The van der Waals surface area contributed by atoms with Crippen LogP contribution in [-0.4, -0.2) is 22.6 Å². The van der Waals surface area contributed by atoms with Crippen LogP contribution >= 0.6 is 0 Å². The normalized spacial score (nSPS) is 14.6. The van der Waals surface area contributed by atoms with E-state index >= 15 is 0 Å². The number of carbonyl (C=O) groups excluding carboxylic acids is 1. The van der Waals surface area contributed by atoms with Gasteiger partial charge in [0.2, 0.25) is 0 Å². The molecule has 1 fully saturated rings. The molecule has 0 unspecified atom stereocenters. The Morgan fingerprint density at radius 3 is 2.58 bits per heavy atom. The zero-order valence-electron chi connectivity index (χ0n) is 11.3. The Morgan fingerprint density at radius 2 is 2.05 bits per heavy atom. The summed E-state index contributed by atoms with van der Waals surface area (Å²) in [5.41, 5.74) is 0.121. The van der Waals surface area contributed by atoms with Crippen molar-refractivity contribution in [3.8, 4) is 6.07 Å². The van der Waals surface area contributed by atoms with Crippen LogP contribution in [0, 0.1) is 11.3 Å². The number of hydrogen-bond donors (Lipinski definition) is 0. The molecule has 0 radical (unpaired) electrons. The van der Waals surface area contributed by atoms with E-state index in [1.165, 1.54) is 0 Å². The van der Waals surface area contributed by atoms with Crippen molar-refractivity contribution in [2.75, 3.05) is 0 Å². The monoisotopic (exact) mass is 258 g/mol. The SMILES string of the molecule is CC(C)(C#N)N(C(=O)OCc1ccccc1)C1CC1. The van der Waals surface area contributed by atoms with E-state index in [4.69, 9.17) is 4.74 Å². The van der Waals surface area contributed by atoms with Crippen molar-refractivity contribution < 1.29 is 9.53 Å². The highest BCUT2D eigenvalue weighted by Crippen LogP contribution is 2.33. The van der Waals surface area contributed by atoms with Gasteiger partial charge in [-0.3, -0.25) is 4.90 Å². The third-order valence-corrected chi connectivity index (χ3v) is 3.19. The highest BCUT2D eigenvalue weighted by Gasteiger charge is 2.43. The summed E-state index contributed by atoms with van der Waals surface area (Å²) in [6.45, 7) is 3.73. The van der Waals surface area contributed by atoms with Crippen LogP contribution in [0.15, 0.2) is 30.3 Å². The Balaban J connectivity index is 1.99. The van der Waals surface area contributed by atoms with Gasteiger partial charge in [0.25, 0.3) is 0 Å². The van der Waals surface area contributed by atoms with Gasteiger partial charge in [0.05, 0.1) is 6.07 Å². The molecule has 0 N–H and O–H groups in total. The van der Waals surface area contributed by atoms with Gasteiger partial charge in [-0.05, 0) is 32.3 Å². The van der Waals surface area contributed by atoms with E-state index in [1.807, 2.05) is 30.3 Å². The molecule has 0 heterocycles. The highest BCUT2D eigenvalue weighted by molar-refractivity contribution is 5.70. The molecule has 4 heteroatoms. The van der Waals surface area contributed by atoms with Crippen LogP contribution in [0.3, 0.4) is 0 Å². The minimum atomic E-state index is -0.824. The summed E-state index contributed by atoms with van der Waals surface area (Å²) in [5.74, 6) is 0. The van der Waals surface area contributed by atoms with Gasteiger partial charge in [-0.15, -0.1) is 0 Å². The van der Waals surface area contributed by atoms with Crippen molar-refractivity contribution >= 4 is 6.09 Å². The number of nitriles is 1. The fourth-order valence-corrected chi connectivity index (χ4v) is 2.01. The molecule has 1 aliphatic rings. The molecule has 0 bridgehead atoms. The molecular weight excluding hydrogens is 240 g/mol. The lowest BCUT2D eigenvalue weighted by Crippen LogP contribution is -2.48. The summed E-state index contributed by atoms with van der Waals surface area (Å²) >= 11 is 0. The van der Waals surface area contributed by atoms with Crippen LogP contribution in [0.1, 0.15) is 32.3 Å². The van der Waals surface area contributed by atoms with Crippen LogP contribution in [0.5, 0.6) is 0 Å². The smallest absolute Gasteiger partial charge is 0.411 e. The summed E-state index contributed by atoms with van der Waals surface area (Å²) in [7, 11) is 0. The number of ether oxygens (including phenoxy) is 1. The van der Waals surface area contributed by atoms with Crippen molar-refractivity contribution in [2.45, 2.75) is 44.9 Å². The minimum Gasteiger partial charge on any atom is -0.445 e. The average molecular weight is 258 g/mol. The fraction of sp³-hybridized carbons (Fsp3) is 0.467. The maximum atomic E-state index is 12.2. The first kappa shape index (κ1) is 13.4. The Labute approximate surface area is 113 Å². The van der Waals surface area contributed by atoms with E-state index in [1.54, 1.807) is 18.7 Å². The first-order valence-electron chi connectivity index (χ1n) is 6.46. The maximum Gasteiger partial charge on any atom is 0.411 e. The Kier molecular flexibility index (Phi) is 3.75. The van der Waals surface area contributed by atoms with E-state index in [0.717, 1.165) is 18.4 Å². The zero-order valence-corrected chi connectivity index (χ0v) is 11.3. The van der Waals surface area contributed by atoms with Crippen LogP contribution < -0.4 is 0 Å². The van der Waals surface area contributed by atoms with Crippen LogP contribution in [0.25, 0.3) is 0 Å². The van der Waals surface area contributed by atoms with E-state index in [9.17, 15) is 10.1 Å². The van der Waals surface area contributed by atoms with Crippen molar-refractivity contribution in [2.24, 2.45) is 0 Å². The molecule has 0 aliphatic heterocycles. The van der Waals surface area contributed by atoms with Gasteiger partial charge in [-0.2, -0.15) is 5.26 Å².